The van der Waals surface area contributed by atoms with Gasteiger partial charge in [-0.3, -0.25) is 19.8 Å². The number of rotatable bonds is 5. The van der Waals surface area contributed by atoms with Gasteiger partial charge in [-0.2, -0.15) is 0 Å². The van der Waals surface area contributed by atoms with Crippen LogP contribution in [0.2, 0.25) is 5.02 Å². The molecule has 0 N–H and O–H groups in total. The third-order valence-corrected chi connectivity index (χ3v) is 6.21. The molecule has 3 aromatic rings. The molecule has 0 saturated carbocycles. The summed E-state index contributed by atoms with van der Waals surface area (Å²) in [6.45, 7) is 12.3. The van der Waals surface area contributed by atoms with Gasteiger partial charge in [-0.05, 0) is 49.6 Å². The number of hydrogen-bond acceptors (Lipinski definition) is 4. The zero-order chi connectivity index (χ0) is 21.1. The van der Waals surface area contributed by atoms with Crippen LogP contribution in [0.15, 0.2) is 48.5 Å². The summed E-state index contributed by atoms with van der Waals surface area (Å²) in [7, 11) is 0. The van der Waals surface area contributed by atoms with Gasteiger partial charge in [0, 0.05) is 44.3 Å². The molecule has 1 aliphatic rings. The van der Waals surface area contributed by atoms with Crippen molar-refractivity contribution < 1.29 is 0 Å². The minimum Gasteiger partial charge on any atom is -0.297 e. The third-order valence-electron chi connectivity index (χ3n) is 5.96. The second-order valence-electron chi connectivity index (χ2n) is 8.18. The summed E-state index contributed by atoms with van der Waals surface area (Å²) in [6.07, 6.45) is 0. The summed E-state index contributed by atoms with van der Waals surface area (Å²) in [5, 5.41) is 0.772. The normalized spacial score (nSPS) is 15.5. The average molecular weight is 421 g/mol. The molecule has 1 aromatic heterocycles. The Morgan fingerprint density at radius 1 is 0.667 bits per heavy atom. The fourth-order valence-corrected chi connectivity index (χ4v) is 4.06. The Morgan fingerprint density at radius 3 is 1.77 bits per heavy atom. The van der Waals surface area contributed by atoms with E-state index in [1.54, 1.807) is 0 Å². The van der Waals surface area contributed by atoms with E-state index in [2.05, 4.69) is 58.1 Å². The van der Waals surface area contributed by atoms with Gasteiger partial charge in [0.1, 0.15) is 0 Å². The van der Waals surface area contributed by atoms with Crippen molar-refractivity contribution in [3.63, 3.8) is 0 Å². The zero-order valence-electron chi connectivity index (χ0n) is 18.0. The van der Waals surface area contributed by atoms with Crippen molar-refractivity contribution in [1.82, 2.24) is 19.8 Å². The predicted molar refractivity (Wildman–Crippen MR) is 124 cm³/mol. The second-order valence-corrected chi connectivity index (χ2v) is 8.62. The summed E-state index contributed by atoms with van der Waals surface area (Å²) in [4.78, 5) is 14.4. The van der Waals surface area contributed by atoms with Crippen LogP contribution in [0.1, 0.15) is 28.3 Å². The number of aryl methyl sites for hydroxylation is 3. The summed E-state index contributed by atoms with van der Waals surface area (Å²) < 4.78 is 0. The molecule has 0 spiro atoms. The largest absolute Gasteiger partial charge is 0.297 e. The number of benzene rings is 2. The molecule has 0 aliphatic carbocycles. The maximum absolute atomic E-state index is 5.99. The van der Waals surface area contributed by atoms with Gasteiger partial charge < -0.3 is 0 Å². The van der Waals surface area contributed by atoms with Crippen molar-refractivity contribution in [2.75, 3.05) is 26.2 Å². The van der Waals surface area contributed by atoms with Gasteiger partial charge in [-0.25, -0.2) is 0 Å². The van der Waals surface area contributed by atoms with E-state index in [1.807, 2.05) is 26.0 Å². The first-order valence-corrected chi connectivity index (χ1v) is 11.0. The van der Waals surface area contributed by atoms with E-state index in [9.17, 15) is 0 Å². The average Bonchev–Trinajstić information content (AvgIpc) is 2.74. The molecule has 4 rings (SSSR count). The molecule has 0 amide bonds. The molecule has 156 valence electrons. The molecular weight excluding hydrogens is 392 g/mol. The highest BCUT2D eigenvalue weighted by molar-refractivity contribution is 6.30. The van der Waals surface area contributed by atoms with Crippen molar-refractivity contribution in [2.45, 2.75) is 33.9 Å². The standard InChI is InChI=1S/C25H29ClN4/c1-18-19(2)28-25(20(3)27-18)17-30-14-12-29(13-15-30)16-21-4-6-22(7-5-21)23-8-10-24(26)11-9-23/h4-11H,12-17H2,1-3H3. The maximum atomic E-state index is 5.99. The molecule has 0 radical (unpaired) electrons. The Morgan fingerprint density at radius 2 is 1.17 bits per heavy atom. The van der Waals surface area contributed by atoms with Crippen LogP contribution in [0.3, 0.4) is 0 Å². The summed E-state index contributed by atoms with van der Waals surface area (Å²) in [5.41, 5.74) is 8.02. The first-order chi connectivity index (χ1) is 14.5. The fraction of sp³-hybridized carbons (Fsp3) is 0.360. The Kier molecular flexibility index (Phi) is 6.47. The third kappa shape index (κ3) is 5.07. The van der Waals surface area contributed by atoms with Crippen LogP contribution in [0.4, 0.5) is 0 Å². The predicted octanol–water partition coefficient (Wildman–Crippen LogP) is 5.04. The summed E-state index contributed by atoms with van der Waals surface area (Å²) in [6, 6.07) is 16.9. The van der Waals surface area contributed by atoms with Gasteiger partial charge in [-0.15, -0.1) is 0 Å². The molecular formula is C25H29ClN4. The van der Waals surface area contributed by atoms with Crippen LogP contribution in [-0.2, 0) is 13.1 Å². The van der Waals surface area contributed by atoms with Crippen molar-refractivity contribution in [3.05, 3.63) is 81.9 Å². The Hall–Kier alpha value is -2.27. The van der Waals surface area contributed by atoms with Gasteiger partial charge in [-0.1, -0.05) is 48.0 Å². The maximum Gasteiger partial charge on any atom is 0.0759 e. The quantitative estimate of drug-likeness (QED) is 0.578. The van der Waals surface area contributed by atoms with Crippen LogP contribution in [0, 0.1) is 20.8 Å². The van der Waals surface area contributed by atoms with Crippen molar-refractivity contribution in [2.24, 2.45) is 0 Å². The minimum atomic E-state index is 0.772. The molecule has 4 nitrogen and oxygen atoms in total. The Labute approximate surface area is 184 Å². The van der Waals surface area contributed by atoms with E-state index in [1.165, 1.54) is 16.7 Å². The molecule has 0 unspecified atom stereocenters. The van der Waals surface area contributed by atoms with Crippen LogP contribution < -0.4 is 0 Å². The lowest BCUT2D eigenvalue weighted by molar-refractivity contribution is 0.120. The lowest BCUT2D eigenvalue weighted by atomic mass is 10.0. The lowest BCUT2D eigenvalue weighted by Crippen LogP contribution is -2.45. The zero-order valence-corrected chi connectivity index (χ0v) is 18.8. The first kappa shape index (κ1) is 21.0. The number of hydrogen-bond donors (Lipinski definition) is 0. The SMILES string of the molecule is Cc1nc(C)c(CN2CCN(Cc3ccc(-c4ccc(Cl)cc4)cc3)CC2)nc1C. The molecule has 1 saturated heterocycles. The summed E-state index contributed by atoms with van der Waals surface area (Å²) in [5.74, 6) is 0. The highest BCUT2D eigenvalue weighted by Gasteiger charge is 2.19. The van der Waals surface area contributed by atoms with E-state index >= 15 is 0 Å². The molecule has 1 aliphatic heterocycles. The fourth-order valence-electron chi connectivity index (χ4n) is 3.93. The number of halogens is 1. The minimum absolute atomic E-state index is 0.772. The molecule has 1 fully saturated rings. The Bertz CT molecular complexity index is 991. The van der Waals surface area contributed by atoms with E-state index in [0.717, 1.165) is 67.1 Å². The van der Waals surface area contributed by atoms with Gasteiger partial charge in [0.2, 0.25) is 0 Å². The number of nitrogens with zero attached hydrogens (tertiary/aromatic N) is 4. The molecule has 2 heterocycles. The van der Waals surface area contributed by atoms with E-state index in [-0.39, 0.29) is 0 Å². The number of aromatic nitrogens is 2. The van der Waals surface area contributed by atoms with Crippen molar-refractivity contribution in [3.8, 4) is 11.1 Å². The van der Waals surface area contributed by atoms with Crippen LogP contribution in [0.25, 0.3) is 11.1 Å². The molecule has 30 heavy (non-hydrogen) atoms. The summed E-state index contributed by atoms with van der Waals surface area (Å²) >= 11 is 5.99. The van der Waals surface area contributed by atoms with Gasteiger partial charge in [0.15, 0.2) is 0 Å². The van der Waals surface area contributed by atoms with E-state index in [4.69, 9.17) is 16.6 Å². The van der Waals surface area contributed by atoms with Crippen molar-refractivity contribution in [1.29, 1.82) is 0 Å². The van der Waals surface area contributed by atoms with Crippen molar-refractivity contribution >= 4 is 11.6 Å². The Balaban J connectivity index is 1.30. The molecule has 0 atom stereocenters. The van der Waals surface area contributed by atoms with E-state index in [0.29, 0.717) is 0 Å². The molecule has 2 aromatic carbocycles. The number of piperazine rings is 1. The highest BCUT2D eigenvalue weighted by Crippen LogP contribution is 2.22. The van der Waals surface area contributed by atoms with Crippen LogP contribution in [-0.4, -0.2) is 45.9 Å². The lowest BCUT2D eigenvalue weighted by Gasteiger charge is -2.34. The smallest absolute Gasteiger partial charge is 0.0759 e. The van der Waals surface area contributed by atoms with Crippen LogP contribution in [0.5, 0.6) is 0 Å². The molecule has 5 heteroatoms. The van der Waals surface area contributed by atoms with Gasteiger partial charge >= 0.3 is 0 Å². The van der Waals surface area contributed by atoms with E-state index < -0.39 is 0 Å². The molecule has 0 bridgehead atoms. The second kappa shape index (κ2) is 9.25. The van der Waals surface area contributed by atoms with Gasteiger partial charge in [0.05, 0.1) is 22.8 Å². The van der Waals surface area contributed by atoms with Gasteiger partial charge in [0.25, 0.3) is 0 Å². The van der Waals surface area contributed by atoms with Crippen LogP contribution >= 0.6 is 11.6 Å². The monoisotopic (exact) mass is 420 g/mol. The topological polar surface area (TPSA) is 32.3 Å². The first-order valence-electron chi connectivity index (χ1n) is 10.6. The highest BCUT2D eigenvalue weighted by atomic mass is 35.5.